The van der Waals surface area contributed by atoms with Crippen molar-refractivity contribution in [3.05, 3.63) is 39.8 Å². The molecule has 23 heavy (non-hydrogen) atoms. The van der Waals surface area contributed by atoms with Gasteiger partial charge in [0, 0.05) is 28.0 Å². The smallest absolute Gasteiger partial charge is 0.226 e. The van der Waals surface area contributed by atoms with Gasteiger partial charge in [-0.05, 0) is 24.5 Å². The van der Waals surface area contributed by atoms with Crippen LogP contribution in [0.15, 0.2) is 34.1 Å². The highest BCUT2D eigenvalue weighted by molar-refractivity contribution is 9.10. The molecular weight excluding hydrogens is 374 g/mol. The number of amides is 1. The van der Waals surface area contributed by atoms with Gasteiger partial charge < -0.3 is 11.1 Å². The molecule has 0 saturated carbocycles. The summed E-state index contributed by atoms with van der Waals surface area (Å²) in [6.07, 6.45) is 1.18. The number of thiazole rings is 1. The highest BCUT2D eigenvalue weighted by atomic mass is 79.9. The fraction of sp³-hybridized carbons (Fsp3) is 0.412. The second-order valence-corrected chi connectivity index (χ2v) is 7.73. The molecule has 1 aromatic carbocycles. The predicted molar refractivity (Wildman–Crippen MR) is 99.4 cm³/mol. The van der Waals surface area contributed by atoms with E-state index in [0.717, 1.165) is 27.2 Å². The number of nitrogens with one attached hydrogen (secondary N) is 1. The lowest BCUT2D eigenvalue weighted by molar-refractivity contribution is -0.121. The quantitative estimate of drug-likeness (QED) is 0.752. The maximum Gasteiger partial charge on any atom is 0.226 e. The summed E-state index contributed by atoms with van der Waals surface area (Å²) in [4.78, 5) is 16.7. The van der Waals surface area contributed by atoms with Crippen molar-refractivity contribution in [2.45, 2.75) is 32.7 Å². The summed E-state index contributed by atoms with van der Waals surface area (Å²) < 4.78 is 1.02. The second-order valence-electron chi connectivity index (χ2n) is 5.96. The summed E-state index contributed by atoms with van der Waals surface area (Å²) in [6, 6.07) is 8.03. The summed E-state index contributed by atoms with van der Waals surface area (Å²) in [7, 11) is 0. The summed E-state index contributed by atoms with van der Waals surface area (Å²) in [6.45, 7) is 4.71. The van der Waals surface area contributed by atoms with Crippen LogP contribution in [0, 0.1) is 5.92 Å². The van der Waals surface area contributed by atoms with Crippen LogP contribution in [0.2, 0.25) is 0 Å². The zero-order valence-electron chi connectivity index (χ0n) is 13.4. The summed E-state index contributed by atoms with van der Waals surface area (Å²) in [5.74, 6) is 0.485. The first-order valence-electron chi connectivity index (χ1n) is 7.67. The average Bonchev–Trinajstić information content (AvgIpc) is 2.94. The number of nitrogens with zero attached hydrogens (tertiary/aromatic N) is 1. The number of carbonyl (C=O) groups excluding carboxylic acids is 1. The fourth-order valence-corrected chi connectivity index (χ4v) is 3.58. The summed E-state index contributed by atoms with van der Waals surface area (Å²) in [5.41, 5.74) is 7.57. The molecule has 0 saturated heterocycles. The Morgan fingerprint density at radius 3 is 2.87 bits per heavy atom. The molecule has 3 N–H and O–H groups in total. The summed E-state index contributed by atoms with van der Waals surface area (Å²) in [5, 5.41) is 5.86. The van der Waals surface area contributed by atoms with Gasteiger partial charge >= 0.3 is 0 Å². The minimum Gasteiger partial charge on any atom is -0.352 e. The largest absolute Gasteiger partial charge is 0.352 e. The van der Waals surface area contributed by atoms with Crippen molar-refractivity contribution in [1.82, 2.24) is 10.3 Å². The molecule has 1 aromatic heterocycles. The molecule has 2 aromatic rings. The number of aromatic nitrogens is 1. The number of hydrogen-bond acceptors (Lipinski definition) is 4. The summed E-state index contributed by atoms with van der Waals surface area (Å²) >= 11 is 5.01. The van der Waals surface area contributed by atoms with E-state index in [0.29, 0.717) is 18.9 Å². The van der Waals surface area contributed by atoms with Crippen molar-refractivity contribution in [2.75, 3.05) is 6.54 Å². The van der Waals surface area contributed by atoms with Crippen molar-refractivity contribution < 1.29 is 4.79 Å². The SMILES string of the molecule is CC(C)CC(CN)NC(=O)Cc1csc(-c2cccc(Br)c2)n1. The van der Waals surface area contributed by atoms with Crippen LogP contribution in [0.25, 0.3) is 10.6 Å². The van der Waals surface area contributed by atoms with Crippen LogP contribution >= 0.6 is 27.3 Å². The van der Waals surface area contributed by atoms with Crippen LogP contribution in [0.5, 0.6) is 0 Å². The predicted octanol–water partition coefficient (Wildman–Crippen LogP) is 3.60. The number of halogens is 1. The second kappa shape index (κ2) is 8.57. The van der Waals surface area contributed by atoms with Crippen LogP contribution in [0.1, 0.15) is 26.0 Å². The number of nitrogens with two attached hydrogens (primary N) is 1. The highest BCUT2D eigenvalue weighted by Gasteiger charge is 2.14. The van der Waals surface area contributed by atoms with Crippen LogP contribution in [-0.2, 0) is 11.2 Å². The molecule has 124 valence electrons. The van der Waals surface area contributed by atoms with Gasteiger partial charge in [-0.25, -0.2) is 4.98 Å². The molecular formula is C17H22BrN3OS. The minimum absolute atomic E-state index is 0.0211. The van der Waals surface area contributed by atoms with Crippen molar-refractivity contribution in [1.29, 1.82) is 0 Å². The highest BCUT2D eigenvalue weighted by Crippen LogP contribution is 2.26. The van der Waals surface area contributed by atoms with Gasteiger partial charge in [-0.2, -0.15) is 0 Å². The lowest BCUT2D eigenvalue weighted by Crippen LogP contribution is -2.41. The topological polar surface area (TPSA) is 68.0 Å². The normalized spacial score (nSPS) is 12.4. The van der Waals surface area contributed by atoms with E-state index >= 15 is 0 Å². The molecule has 0 spiro atoms. The zero-order chi connectivity index (χ0) is 16.8. The van der Waals surface area contributed by atoms with Gasteiger partial charge in [-0.3, -0.25) is 4.79 Å². The molecule has 4 nitrogen and oxygen atoms in total. The van der Waals surface area contributed by atoms with Gasteiger partial charge in [0.15, 0.2) is 0 Å². The molecule has 0 fully saturated rings. The fourth-order valence-electron chi connectivity index (χ4n) is 2.37. The minimum atomic E-state index is -0.0211. The molecule has 0 aliphatic heterocycles. The molecule has 0 bridgehead atoms. The van der Waals surface area contributed by atoms with Gasteiger partial charge in [0.05, 0.1) is 12.1 Å². The van der Waals surface area contributed by atoms with Crippen LogP contribution in [0.4, 0.5) is 0 Å². The van der Waals surface area contributed by atoms with E-state index in [1.165, 1.54) is 0 Å². The Bertz CT molecular complexity index is 657. The standard InChI is InChI=1S/C17H22BrN3OS/c1-11(2)6-14(9-19)20-16(22)8-15-10-23-17(21-15)12-4-3-5-13(18)7-12/h3-5,7,10-11,14H,6,8-9,19H2,1-2H3,(H,20,22). The Morgan fingerprint density at radius 2 is 2.22 bits per heavy atom. The van der Waals surface area contributed by atoms with Crippen LogP contribution in [-0.4, -0.2) is 23.5 Å². The van der Waals surface area contributed by atoms with Crippen LogP contribution < -0.4 is 11.1 Å². The van der Waals surface area contributed by atoms with Gasteiger partial charge in [-0.15, -0.1) is 11.3 Å². The van der Waals surface area contributed by atoms with Crippen molar-refractivity contribution in [3.63, 3.8) is 0 Å². The van der Waals surface area contributed by atoms with Crippen molar-refractivity contribution in [3.8, 4) is 10.6 Å². The van der Waals surface area contributed by atoms with Gasteiger partial charge in [0.1, 0.15) is 5.01 Å². The van der Waals surface area contributed by atoms with E-state index in [2.05, 4.69) is 40.1 Å². The first-order valence-corrected chi connectivity index (χ1v) is 9.35. The molecule has 1 atom stereocenters. The zero-order valence-corrected chi connectivity index (χ0v) is 15.8. The molecule has 6 heteroatoms. The molecule has 0 aliphatic carbocycles. The average molecular weight is 396 g/mol. The maximum atomic E-state index is 12.2. The van der Waals surface area contributed by atoms with Gasteiger partial charge in [-0.1, -0.05) is 41.9 Å². The molecule has 0 radical (unpaired) electrons. The van der Waals surface area contributed by atoms with Crippen molar-refractivity contribution >= 4 is 33.2 Å². The third-order valence-electron chi connectivity index (χ3n) is 3.37. The maximum absolute atomic E-state index is 12.2. The Hall–Kier alpha value is -1.24. The lowest BCUT2D eigenvalue weighted by atomic mass is 10.0. The first-order chi connectivity index (χ1) is 11.0. The van der Waals surface area contributed by atoms with Gasteiger partial charge in [0.2, 0.25) is 5.91 Å². The van der Waals surface area contributed by atoms with Crippen LogP contribution in [0.3, 0.4) is 0 Å². The Balaban J connectivity index is 1.97. The third kappa shape index (κ3) is 5.71. The third-order valence-corrected chi connectivity index (χ3v) is 4.80. The van der Waals surface area contributed by atoms with E-state index < -0.39 is 0 Å². The van der Waals surface area contributed by atoms with E-state index in [4.69, 9.17) is 5.73 Å². The molecule has 2 rings (SSSR count). The van der Waals surface area contributed by atoms with Crippen molar-refractivity contribution in [2.24, 2.45) is 11.7 Å². The molecule has 1 heterocycles. The number of rotatable bonds is 7. The number of carbonyl (C=O) groups is 1. The van der Waals surface area contributed by atoms with E-state index in [1.807, 2.05) is 29.6 Å². The number of hydrogen-bond donors (Lipinski definition) is 2. The lowest BCUT2D eigenvalue weighted by Gasteiger charge is -2.18. The number of benzene rings is 1. The van der Waals surface area contributed by atoms with E-state index in [-0.39, 0.29) is 11.9 Å². The monoisotopic (exact) mass is 395 g/mol. The van der Waals surface area contributed by atoms with E-state index in [1.54, 1.807) is 11.3 Å². The molecule has 1 amide bonds. The Labute approximate surface area is 149 Å². The Kier molecular flexibility index (Phi) is 6.74. The Morgan fingerprint density at radius 1 is 1.43 bits per heavy atom. The van der Waals surface area contributed by atoms with E-state index in [9.17, 15) is 4.79 Å². The molecule has 1 unspecified atom stereocenters. The molecule has 0 aliphatic rings. The van der Waals surface area contributed by atoms with Gasteiger partial charge in [0.25, 0.3) is 0 Å². The first kappa shape index (κ1) is 18.1.